The van der Waals surface area contributed by atoms with E-state index < -0.39 is 5.97 Å². The third-order valence-electron chi connectivity index (χ3n) is 3.81. The molecule has 24 heavy (non-hydrogen) atoms. The molecule has 2 rings (SSSR count). The first-order valence-corrected chi connectivity index (χ1v) is 8.10. The number of aliphatic carboxylic acids is 1. The highest BCUT2D eigenvalue weighted by Gasteiger charge is 2.25. The Kier molecular flexibility index (Phi) is 8.81. The highest BCUT2D eigenvalue weighted by atomic mass is 16.4. The summed E-state index contributed by atoms with van der Waals surface area (Å²) in [5.41, 5.74) is 7.62. The molecule has 1 aromatic rings. The van der Waals surface area contributed by atoms with Gasteiger partial charge in [-0.05, 0) is 30.4 Å². The minimum Gasteiger partial charge on any atom is -0.481 e. The van der Waals surface area contributed by atoms with Crippen molar-refractivity contribution in [3.63, 3.8) is 0 Å². The van der Waals surface area contributed by atoms with Crippen LogP contribution in [0.3, 0.4) is 0 Å². The second kappa shape index (κ2) is 10.6. The van der Waals surface area contributed by atoms with Gasteiger partial charge in [-0.1, -0.05) is 24.3 Å². The van der Waals surface area contributed by atoms with Crippen LogP contribution < -0.4 is 11.1 Å². The molecule has 1 aliphatic heterocycles. The van der Waals surface area contributed by atoms with Crippen molar-refractivity contribution in [2.24, 2.45) is 5.73 Å². The second-order valence-electron chi connectivity index (χ2n) is 5.73. The lowest BCUT2D eigenvalue weighted by molar-refractivity contribution is -0.134. The Morgan fingerprint density at radius 1 is 1.25 bits per heavy atom. The molecule has 0 spiro atoms. The number of carboxylic acids is 1. The van der Waals surface area contributed by atoms with Crippen LogP contribution in [0.1, 0.15) is 37.3 Å². The number of nitrogens with zero attached hydrogens (tertiary/aromatic N) is 1. The van der Waals surface area contributed by atoms with E-state index in [2.05, 4.69) is 5.32 Å². The fourth-order valence-electron chi connectivity index (χ4n) is 2.55. The maximum Gasteiger partial charge on any atom is 0.317 e. The van der Waals surface area contributed by atoms with Crippen molar-refractivity contribution < 1.29 is 19.8 Å². The molecule has 7 heteroatoms. The van der Waals surface area contributed by atoms with Crippen LogP contribution in [0.2, 0.25) is 0 Å². The summed E-state index contributed by atoms with van der Waals surface area (Å²) in [5, 5.41) is 19.3. The maximum absolute atomic E-state index is 12.2. The number of likely N-dealkylation sites (tertiary alicyclic amines) is 1. The number of aliphatic hydroxyl groups excluding tert-OH is 1. The number of hydrogen-bond donors (Lipinski definition) is 4. The molecule has 1 unspecified atom stereocenters. The molecule has 134 valence electrons. The number of aliphatic hydroxyl groups is 1. The lowest BCUT2D eigenvalue weighted by atomic mass is 10.0. The first-order valence-electron chi connectivity index (χ1n) is 8.10. The zero-order valence-corrected chi connectivity index (χ0v) is 14.1. The summed E-state index contributed by atoms with van der Waals surface area (Å²) >= 11 is 0. The van der Waals surface area contributed by atoms with E-state index in [9.17, 15) is 4.79 Å². The van der Waals surface area contributed by atoms with E-state index in [1.165, 1.54) is 0 Å². The normalized spacial score (nSPS) is 16.8. The number of amides is 2. The zero-order valence-electron chi connectivity index (χ0n) is 14.1. The van der Waals surface area contributed by atoms with Crippen LogP contribution in [0, 0.1) is 0 Å². The van der Waals surface area contributed by atoms with Crippen molar-refractivity contribution in [2.45, 2.75) is 45.4 Å². The van der Waals surface area contributed by atoms with Gasteiger partial charge in [0.15, 0.2) is 0 Å². The minimum absolute atomic E-state index is 0.0358. The SMILES string of the molecule is CC(=O)O.NCC1CCCCN1C(=O)NCc1ccc(CO)cc1. The van der Waals surface area contributed by atoms with E-state index in [0.29, 0.717) is 13.1 Å². The molecule has 1 heterocycles. The van der Waals surface area contributed by atoms with Crippen molar-refractivity contribution in [3.05, 3.63) is 35.4 Å². The van der Waals surface area contributed by atoms with Crippen LogP contribution in [0.5, 0.6) is 0 Å². The number of carbonyl (C=O) groups is 2. The fraction of sp³-hybridized carbons (Fsp3) is 0.529. The molecule has 0 bridgehead atoms. The molecule has 1 aromatic carbocycles. The van der Waals surface area contributed by atoms with E-state index in [0.717, 1.165) is 43.9 Å². The molecule has 0 radical (unpaired) electrons. The van der Waals surface area contributed by atoms with Crippen LogP contribution >= 0.6 is 0 Å². The Labute approximate surface area is 142 Å². The van der Waals surface area contributed by atoms with Crippen molar-refractivity contribution >= 4 is 12.0 Å². The van der Waals surface area contributed by atoms with E-state index in [1.807, 2.05) is 29.2 Å². The summed E-state index contributed by atoms with van der Waals surface area (Å²) < 4.78 is 0. The van der Waals surface area contributed by atoms with Crippen LogP contribution in [0.4, 0.5) is 4.79 Å². The van der Waals surface area contributed by atoms with Gasteiger partial charge in [-0.3, -0.25) is 4.79 Å². The number of urea groups is 1. The highest BCUT2D eigenvalue weighted by Crippen LogP contribution is 2.16. The van der Waals surface area contributed by atoms with Gasteiger partial charge in [0.2, 0.25) is 0 Å². The number of nitrogens with two attached hydrogens (primary N) is 1. The quantitative estimate of drug-likeness (QED) is 0.661. The Morgan fingerprint density at radius 2 is 1.83 bits per heavy atom. The van der Waals surface area contributed by atoms with Gasteiger partial charge in [-0.2, -0.15) is 0 Å². The highest BCUT2D eigenvalue weighted by molar-refractivity contribution is 5.74. The Morgan fingerprint density at radius 3 is 2.38 bits per heavy atom. The molecule has 2 amide bonds. The van der Waals surface area contributed by atoms with Crippen LogP contribution in [0.15, 0.2) is 24.3 Å². The summed E-state index contributed by atoms with van der Waals surface area (Å²) in [5.74, 6) is -0.833. The first kappa shape index (κ1) is 19.9. The third-order valence-corrected chi connectivity index (χ3v) is 3.81. The lowest BCUT2D eigenvalue weighted by Crippen LogP contribution is -2.51. The largest absolute Gasteiger partial charge is 0.481 e. The molecule has 1 fully saturated rings. The molecular formula is C17H27N3O4. The van der Waals surface area contributed by atoms with E-state index in [4.69, 9.17) is 20.7 Å². The van der Waals surface area contributed by atoms with Gasteiger partial charge in [-0.15, -0.1) is 0 Å². The molecule has 1 aliphatic rings. The summed E-state index contributed by atoms with van der Waals surface area (Å²) in [7, 11) is 0. The van der Waals surface area contributed by atoms with E-state index in [1.54, 1.807) is 0 Å². The summed E-state index contributed by atoms with van der Waals surface area (Å²) in [6.45, 7) is 2.94. The first-order chi connectivity index (χ1) is 11.5. The molecule has 7 nitrogen and oxygen atoms in total. The predicted molar refractivity (Wildman–Crippen MR) is 91.3 cm³/mol. The van der Waals surface area contributed by atoms with Crippen LogP contribution in [0.25, 0.3) is 0 Å². The van der Waals surface area contributed by atoms with Gasteiger partial charge in [-0.25, -0.2) is 4.79 Å². The van der Waals surface area contributed by atoms with Gasteiger partial charge in [0, 0.05) is 32.6 Å². The van der Waals surface area contributed by atoms with Crippen molar-refractivity contribution in [2.75, 3.05) is 13.1 Å². The average Bonchev–Trinajstić information content (AvgIpc) is 2.59. The Hall–Kier alpha value is -2.12. The Bertz CT molecular complexity index is 515. The maximum atomic E-state index is 12.2. The molecule has 1 atom stereocenters. The fourth-order valence-corrected chi connectivity index (χ4v) is 2.55. The van der Waals surface area contributed by atoms with Gasteiger partial charge >= 0.3 is 6.03 Å². The Balaban J connectivity index is 0.000000648. The van der Waals surface area contributed by atoms with Crippen LogP contribution in [-0.4, -0.2) is 46.2 Å². The lowest BCUT2D eigenvalue weighted by Gasteiger charge is -2.35. The average molecular weight is 337 g/mol. The summed E-state index contributed by atoms with van der Waals surface area (Å²) in [4.78, 5) is 23.0. The number of carbonyl (C=O) groups excluding carboxylic acids is 1. The smallest absolute Gasteiger partial charge is 0.317 e. The number of rotatable bonds is 4. The van der Waals surface area contributed by atoms with Crippen LogP contribution in [-0.2, 0) is 17.9 Å². The van der Waals surface area contributed by atoms with Crippen molar-refractivity contribution in [1.82, 2.24) is 10.2 Å². The number of hydrogen-bond acceptors (Lipinski definition) is 4. The number of carboxylic acid groups (broad SMARTS) is 1. The molecule has 5 N–H and O–H groups in total. The molecule has 0 aromatic heterocycles. The zero-order chi connectivity index (χ0) is 17.9. The van der Waals surface area contributed by atoms with Gasteiger partial charge < -0.3 is 26.2 Å². The van der Waals surface area contributed by atoms with E-state index in [-0.39, 0.29) is 18.7 Å². The molecule has 1 saturated heterocycles. The monoisotopic (exact) mass is 337 g/mol. The number of piperidine rings is 1. The second-order valence-corrected chi connectivity index (χ2v) is 5.73. The predicted octanol–water partition coefficient (Wildman–Crippen LogP) is 1.29. The minimum atomic E-state index is -0.833. The molecule has 0 aliphatic carbocycles. The molecular weight excluding hydrogens is 310 g/mol. The van der Waals surface area contributed by atoms with E-state index >= 15 is 0 Å². The standard InChI is InChI=1S/C15H23N3O2.C2H4O2/c16-9-14-3-1-2-8-18(14)15(20)17-10-12-4-6-13(11-19)7-5-12;1-2(3)4/h4-7,14,19H,1-3,8-11,16H2,(H,17,20);1H3,(H,3,4). The van der Waals surface area contributed by atoms with Gasteiger partial charge in [0.25, 0.3) is 5.97 Å². The summed E-state index contributed by atoms with van der Waals surface area (Å²) in [6.07, 6.45) is 3.19. The third kappa shape index (κ3) is 6.97. The topological polar surface area (TPSA) is 116 Å². The van der Waals surface area contributed by atoms with Crippen molar-refractivity contribution in [1.29, 1.82) is 0 Å². The summed E-state index contributed by atoms with van der Waals surface area (Å²) in [6, 6.07) is 7.70. The number of benzene rings is 1. The van der Waals surface area contributed by atoms with Gasteiger partial charge in [0.05, 0.1) is 6.61 Å². The molecule has 0 saturated carbocycles. The van der Waals surface area contributed by atoms with Gasteiger partial charge in [0.1, 0.15) is 0 Å². The number of nitrogens with one attached hydrogen (secondary N) is 1. The van der Waals surface area contributed by atoms with Crippen molar-refractivity contribution in [3.8, 4) is 0 Å².